The standard InChI is InChI=1S/C21H25F3N6O2S/c22-21(23,24)33(25,32)17-3-1-2-14(7-17)6-15-8-20(9-15)11-30(12-20)19(31)29-5-4-16(10-29)18-26-13-27-28-18/h1-3,7,13,15-16,25H,4-6,8-12H2,(H,26,27,28)/t16-,33?/m0/s1. The van der Waals surface area contributed by atoms with E-state index in [1.165, 1.54) is 18.5 Å². The number of rotatable bonds is 4. The number of nitrogens with zero attached hydrogens (tertiary/aromatic N) is 4. The molecular weight excluding hydrogens is 457 g/mol. The molecule has 8 nitrogen and oxygen atoms in total. The first kappa shape index (κ1) is 22.2. The molecule has 2 aliphatic heterocycles. The summed E-state index contributed by atoms with van der Waals surface area (Å²) in [5, 5.41) is 6.75. The van der Waals surface area contributed by atoms with Crippen LogP contribution in [0.15, 0.2) is 35.5 Å². The van der Waals surface area contributed by atoms with Gasteiger partial charge in [-0.1, -0.05) is 12.1 Å². The fourth-order valence-corrected chi connectivity index (χ4v) is 6.41. The molecule has 2 atom stereocenters. The predicted molar refractivity (Wildman–Crippen MR) is 113 cm³/mol. The van der Waals surface area contributed by atoms with E-state index in [-0.39, 0.29) is 17.4 Å². The van der Waals surface area contributed by atoms with E-state index in [1.807, 2.05) is 9.80 Å². The second-order valence-corrected chi connectivity index (χ2v) is 11.6. The highest BCUT2D eigenvalue weighted by atomic mass is 32.2. The topological polar surface area (TPSA) is 106 Å². The van der Waals surface area contributed by atoms with E-state index in [4.69, 9.17) is 4.78 Å². The van der Waals surface area contributed by atoms with Crippen LogP contribution in [-0.4, -0.2) is 66.9 Å². The number of H-pyrrole nitrogens is 1. The number of amides is 2. The first-order chi connectivity index (χ1) is 15.6. The number of hydrogen-bond acceptors (Lipinski definition) is 5. The lowest BCUT2D eigenvalue weighted by molar-refractivity contribution is -0.0754. The lowest BCUT2D eigenvalue weighted by Gasteiger charge is -2.59. The molecule has 2 N–H and O–H groups in total. The van der Waals surface area contributed by atoms with Crippen LogP contribution in [0.1, 0.15) is 36.6 Å². The van der Waals surface area contributed by atoms with Gasteiger partial charge >= 0.3 is 11.5 Å². The smallest absolute Gasteiger partial charge is 0.324 e. The molecular formula is C21H25F3N6O2S. The quantitative estimate of drug-likeness (QED) is 0.695. The molecule has 2 aromatic rings. The monoisotopic (exact) mass is 482 g/mol. The Morgan fingerprint density at radius 2 is 2.03 bits per heavy atom. The number of halogens is 3. The summed E-state index contributed by atoms with van der Waals surface area (Å²) in [5.41, 5.74) is -4.31. The molecule has 1 aliphatic carbocycles. The maximum atomic E-state index is 12.9. The van der Waals surface area contributed by atoms with Crippen molar-refractivity contribution in [3.05, 3.63) is 42.0 Å². The SMILES string of the molecule is N=S(=O)(c1cccc(CC2CC3(C2)CN(C(=O)N2CC[C@H](c4ncn[nH]4)C2)C3)c1)C(F)(F)F. The van der Waals surface area contributed by atoms with Gasteiger partial charge in [0.1, 0.15) is 12.2 Å². The van der Waals surface area contributed by atoms with Crippen LogP contribution in [0.4, 0.5) is 18.0 Å². The summed E-state index contributed by atoms with van der Waals surface area (Å²) in [4.78, 5) is 20.3. The Bertz CT molecular complexity index is 1140. The molecule has 3 heterocycles. The van der Waals surface area contributed by atoms with Gasteiger partial charge in [-0.25, -0.2) is 18.8 Å². The number of urea groups is 1. The third-order valence-electron chi connectivity index (χ3n) is 7.13. The van der Waals surface area contributed by atoms with Crippen LogP contribution in [0, 0.1) is 16.1 Å². The van der Waals surface area contributed by atoms with Gasteiger partial charge in [0.05, 0.1) is 4.90 Å². The van der Waals surface area contributed by atoms with Crippen LogP contribution >= 0.6 is 0 Å². The number of benzene rings is 1. The molecule has 33 heavy (non-hydrogen) atoms. The first-order valence-corrected chi connectivity index (χ1v) is 12.5. The number of alkyl halides is 3. The Morgan fingerprint density at radius 3 is 2.70 bits per heavy atom. The molecule has 3 aliphatic rings. The van der Waals surface area contributed by atoms with Crippen molar-refractivity contribution in [3.63, 3.8) is 0 Å². The van der Waals surface area contributed by atoms with Crippen LogP contribution in [-0.2, 0) is 16.1 Å². The van der Waals surface area contributed by atoms with E-state index < -0.39 is 20.1 Å². The zero-order valence-corrected chi connectivity index (χ0v) is 18.7. The van der Waals surface area contributed by atoms with Crippen molar-refractivity contribution in [2.75, 3.05) is 26.2 Å². The molecule has 5 rings (SSSR count). The summed E-state index contributed by atoms with van der Waals surface area (Å²) in [7, 11) is -4.84. The van der Waals surface area contributed by atoms with E-state index in [0.29, 0.717) is 44.1 Å². The van der Waals surface area contributed by atoms with Gasteiger partial charge in [0.25, 0.3) is 0 Å². The van der Waals surface area contributed by atoms with E-state index in [0.717, 1.165) is 31.2 Å². The molecule has 1 unspecified atom stereocenters. The zero-order chi connectivity index (χ0) is 23.4. The minimum absolute atomic E-state index is 0.0520. The van der Waals surface area contributed by atoms with E-state index >= 15 is 0 Å². The van der Waals surface area contributed by atoms with Gasteiger partial charge < -0.3 is 9.80 Å². The molecule has 2 amide bonds. The van der Waals surface area contributed by atoms with Gasteiger partial charge in [-0.05, 0) is 49.3 Å². The first-order valence-electron chi connectivity index (χ1n) is 10.9. The Balaban J connectivity index is 1.12. The van der Waals surface area contributed by atoms with Crippen LogP contribution in [0.5, 0.6) is 0 Å². The molecule has 0 radical (unpaired) electrons. The van der Waals surface area contributed by atoms with Crippen LogP contribution < -0.4 is 0 Å². The maximum absolute atomic E-state index is 12.9. The van der Waals surface area contributed by atoms with Crippen LogP contribution in [0.25, 0.3) is 0 Å². The molecule has 0 bridgehead atoms. The van der Waals surface area contributed by atoms with Gasteiger partial charge in [0.2, 0.25) is 0 Å². The minimum atomic E-state index is -5.09. The van der Waals surface area contributed by atoms with Crippen molar-refractivity contribution in [2.45, 2.75) is 42.0 Å². The molecule has 1 aromatic carbocycles. The molecule has 178 valence electrons. The van der Waals surface area contributed by atoms with Gasteiger partial charge in [-0.2, -0.15) is 18.3 Å². The zero-order valence-electron chi connectivity index (χ0n) is 17.8. The van der Waals surface area contributed by atoms with Gasteiger partial charge in [0, 0.05) is 37.5 Å². The third-order valence-corrected chi connectivity index (χ3v) is 8.70. The van der Waals surface area contributed by atoms with E-state index in [2.05, 4.69) is 15.2 Å². The van der Waals surface area contributed by atoms with Crippen molar-refractivity contribution < 1.29 is 22.2 Å². The molecule has 1 aromatic heterocycles. The summed E-state index contributed by atoms with van der Waals surface area (Å²) >= 11 is 0. The maximum Gasteiger partial charge on any atom is 0.483 e. The summed E-state index contributed by atoms with van der Waals surface area (Å²) in [6, 6.07) is 5.56. The second kappa shape index (κ2) is 7.71. The minimum Gasteiger partial charge on any atom is -0.324 e. The van der Waals surface area contributed by atoms with Crippen molar-refractivity contribution in [1.29, 1.82) is 4.78 Å². The third kappa shape index (κ3) is 3.98. The molecule has 3 fully saturated rings. The molecule has 2 saturated heterocycles. The van der Waals surface area contributed by atoms with Crippen molar-refractivity contribution in [2.24, 2.45) is 11.3 Å². The number of nitrogens with one attached hydrogen (secondary N) is 2. The van der Waals surface area contributed by atoms with Crippen molar-refractivity contribution in [3.8, 4) is 0 Å². The summed E-state index contributed by atoms with van der Waals surface area (Å²) in [6.45, 7) is 2.75. The van der Waals surface area contributed by atoms with Crippen molar-refractivity contribution >= 4 is 15.8 Å². The van der Waals surface area contributed by atoms with E-state index in [9.17, 15) is 22.2 Å². The second-order valence-electron chi connectivity index (χ2n) is 9.57. The van der Waals surface area contributed by atoms with Crippen LogP contribution in [0.2, 0.25) is 0 Å². The number of likely N-dealkylation sites (tertiary alicyclic amines) is 2. The number of aromatic nitrogens is 3. The summed E-state index contributed by atoms with van der Waals surface area (Å²) in [6.07, 6.45) is 4.75. The lowest BCUT2D eigenvalue weighted by atomic mass is 9.56. The summed E-state index contributed by atoms with van der Waals surface area (Å²) < 4.78 is 58.0. The number of hydrogen-bond donors (Lipinski definition) is 2. The number of carbonyl (C=O) groups excluding carboxylic acids is 1. The summed E-state index contributed by atoms with van der Waals surface area (Å²) in [5.74, 6) is 1.31. The highest BCUT2D eigenvalue weighted by Crippen LogP contribution is 2.53. The van der Waals surface area contributed by atoms with E-state index in [1.54, 1.807) is 6.07 Å². The highest BCUT2D eigenvalue weighted by molar-refractivity contribution is 7.93. The fourth-order valence-electron chi connectivity index (χ4n) is 5.55. The highest BCUT2D eigenvalue weighted by Gasteiger charge is 2.54. The lowest BCUT2D eigenvalue weighted by Crippen LogP contribution is -2.65. The molecule has 12 heteroatoms. The largest absolute Gasteiger partial charge is 0.483 e. The average Bonchev–Trinajstić information content (AvgIpc) is 3.39. The molecule has 1 saturated carbocycles. The Kier molecular flexibility index (Phi) is 5.18. The Morgan fingerprint density at radius 1 is 1.27 bits per heavy atom. The van der Waals surface area contributed by atoms with Crippen molar-refractivity contribution in [1.82, 2.24) is 25.0 Å². The predicted octanol–water partition coefficient (Wildman–Crippen LogP) is 3.59. The Labute approximate surface area is 189 Å². The Hall–Kier alpha value is -2.63. The van der Waals surface area contributed by atoms with Gasteiger partial charge in [-0.15, -0.1) is 0 Å². The average molecular weight is 483 g/mol. The normalized spacial score (nSPS) is 24.4. The van der Waals surface area contributed by atoms with Gasteiger partial charge in [-0.3, -0.25) is 5.10 Å². The van der Waals surface area contributed by atoms with Crippen LogP contribution in [0.3, 0.4) is 0 Å². The number of aromatic amines is 1. The number of carbonyl (C=O) groups is 1. The fraction of sp³-hybridized carbons (Fsp3) is 0.571. The molecule has 1 spiro atoms. The van der Waals surface area contributed by atoms with Gasteiger partial charge in [0.15, 0.2) is 9.73 Å².